The van der Waals surface area contributed by atoms with E-state index in [1.54, 1.807) is 30.6 Å². The Balaban J connectivity index is 1.39. The Morgan fingerprint density at radius 2 is 1.83 bits per heavy atom. The van der Waals surface area contributed by atoms with Crippen LogP contribution in [0.2, 0.25) is 0 Å². The molecule has 3 aromatic heterocycles. The van der Waals surface area contributed by atoms with Crippen LogP contribution in [0.3, 0.4) is 0 Å². The predicted molar refractivity (Wildman–Crippen MR) is 134 cm³/mol. The molecule has 1 fully saturated rings. The number of rotatable bonds is 4. The zero-order valence-electron chi connectivity index (χ0n) is 18.8. The summed E-state index contributed by atoms with van der Waals surface area (Å²) in [6.45, 7) is 3.60. The van der Waals surface area contributed by atoms with Crippen LogP contribution in [0.1, 0.15) is 21.7 Å². The summed E-state index contributed by atoms with van der Waals surface area (Å²) in [6.07, 6.45) is 3.52. The Morgan fingerprint density at radius 3 is 2.69 bits per heavy atom. The van der Waals surface area contributed by atoms with Gasteiger partial charge in [0.2, 0.25) is 5.78 Å². The van der Waals surface area contributed by atoms with Crippen molar-refractivity contribution in [1.29, 1.82) is 5.26 Å². The molecular formula is C27H21N7O. The number of benzene rings is 2. The monoisotopic (exact) mass is 459 g/mol. The zero-order chi connectivity index (χ0) is 23.8. The van der Waals surface area contributed by atoms with Gasteiger partial charge in [-0.2, -0.15) is 5.26 Å². The molecule has 0 saturated carbocycles. The molecule has 1 aliphatic rings. The van der Waals surface area contributed by atoms with Gasteiger partial charge in [-0.25, -0.2) is 9.97 Å². The van der Waals surface area contributed by atoms with Gasteiger partial charge in [0, 0.05) is 60.6 Å². The molecule has 35 heavy (non-hydrogen) atoms. The number of H-pyrrole nitrogens is 1. The molecule has 0 bridgehead atoms. The Kier molecular flexibility index (Phi) is 5.17. The number of aromatic amines is 1. The van der Waals surface area contributed by atoms with E-state index < -0.39 is 0 Å². The van der Waals surface area contributed by atoms with Gasteiger partial charge in [-0.15, -0.1) is 0 Å². The average Bonchev–Trinajstić information content (AvgIpc) is 3.36. The lowest BCUT2D eigenvalue weighted by molar-refractivity contribution is 0.103. The number of carbonyl (C=O) groups is 1. The van der Waals surface area contributed by atoms with Crippen molar-refractivity contribution in [2.45, 2.75) is 0 Å². The van der Waals surface area contributed by atoms with Gasteiger partial charge < -0.3 is 15.2 Å². The smallest absolute Gasteiger partial charge is 0.228 e. The molecule has 0 spiro atoms. The lowest BCUT2D eigenvalue weighted by Gasteiger charge is -2.28. The van der Waals surface area contributed by atoms with E-state index in [9.17, 15) is 10.1 Å². The summed E-state index contributed by atoms with van der Waals surface area (Å²) in [4.78, 5) is 32.3. The third-order valence-corrected chi connectivity index (χ3v) is 6.34. The Labute approximate surface area is 201 Å². The van der Waals surface area contributed by atoms with Crippen LogP contribution in [0.15, 0.2) is 67.0 Å². The number of anilines is 1. The second-order valence-corrected chi connectivity index (χ2v) is 8.47. The summed E-state index contributed by atoms with van der Waals surface area (Å²) >= 11 is 0. The first-order chi connectivity index (χ1) is 17.2. The normalized spacial score (nSPS) is 13.7. The lowest BCUT2D eigenvalue weighted by Crippen LogP contribution is -2.43. The topological polar surface area (TPSA) is 111 Å². The van der Waals surface area contributed by atoms with Crippen LogP contribution in [-0.2, 0) is 0 Å². The molecule has 1 saturated heterocycles. The van der Waals surface area contributed by atoms with Crippen LogP contribution in [0.25, 0.3) is 33.1 Å². The molecule has 4 heterocycles. The van der Waals surface area contributed by atoms with E-state index in [0.29, 0.717) is 27.9 Å². The van der Waals surface area contributed by atoms with E-state index in [1.165, 1.54) is 0 Å². The number of nitriles is 1. The quantitative estimate of drug-likeness (QED) is 0.394. The summed E-state index contributed by atoms with van der Waals surface area (Å²) in [5, 5.41) is 15.0. The molecule has 0 aliphatic carbocycles. The number of hydrogen-bond donors (Lipinski definition) is 2. The van der Waals surface area contributed by atoms with E-state index in [1.807, 2.05) is 36.4 Å². The molecule has 8 heteroatoms. The van der Waals surface area contributed by atoms with Crippen LogP contribution in [0.5, 0.6) is 0 Å². The van der Waals surface area contributed by atoms with Crippen molar-refractivity contribution >= 4 is 33.5 Å². The summed E-state index contributed by atoms with van der Waals surface area (Å²) < 4.78 is 0. The molecule has 170 valence electrons. The molecule has 0 radical (unpaired) electrons. The number of aromatic nitrogens is 4. The lowest BCUT2D eigenvalue weighted by atomic mass is 9.94. The van der Waals surface area contributed by atoms with Crippen LogP contribution < -0.4 is 10.2 Å². The van der Waals surface area contributed by atoms with Crippen LogP contribution in [0, 0.1) is 11.3 Å². The van der Waals surface area contributed by atoms with E-state index >= 15 is 0 Å². The number of hydrogen-bond acceptors (Lipinski definition) is 7. The fourth-order valence-corrected chi connectivity index (χ4v) is 4.54. The Hall–Kier alpha value is -4.61. The minimum atomic E-state index is -0.259. The number of nitrogens with one attached hydrogen (secondary N) is 2. The maximum atomic E-state index is 13.4. The number of imidazole rings is 1. The van der Waals surface area contributed by atoms with Crippen molar-refractivity contribution in [1.82, 2.24) is 25.3 Å². The fraction of sp³-hybridized carbons (Fsp3) is 0.148. The third-order valence-electron chi connectivity index (χ3n) is 6.34. The molecule has 0 unspecified atom stereocenters. The van der Waals surface area contributed by atoms with Gasteiger partial charge in [0.15, 0.2) is 11.5 Å². The number of pyridine rings is 2. The summed E-state index contributed by atoms with van der Waals surface area (Å²) in [5.74, 6) is 0.827. The van der Waals surface area contributed by atoms with E-state index in [0.717, 1.165) is 48.3 Å². The molecule has 5 aromatic rings. The molecular weight excluding hydrogens is 438 g/mol. The summed E-state index contributed by atoms with van der Waals surface area (Å²) in [5.41, 5.74) is 3.61. The molecule has 2 aromatic carbocycles. The SMILES string of the molecule is N#Cc1ccc(C(=O)c2nc3ccc(N4CCNCC4)nc3[nH]2)cc1-c1cncc2ccccc12. The highest BCUT2D eigenvalue weighted by Gasteiger charge is 2.19. The molecule has 2 N–H and O–H groups in total. The fourth-order valence-electron chi connectivity index (χ4n) is 4.54. The highest BCUT2D eigenvalue weighted by atomic mass is 16.1. The van der Waals surface area contributed by atoms with E-state index in [4.69, 9.17) is 4.98 Å². The van der Waals surface area contributed by atoms with Crippen LogP contribution in [0.4, 0.5) is 5.82 Å². The molecule has 6 rings (SSSR count). The van der Waals surface area contributed by atoms with E-state index in [2.05, 4.69) is 31.2 Å². The van der Waals surface area contributed by atoms with Gasteiger partial charge >= 0.3 is 0 Å². The maximum Gasteiger partial charge on any atom is 0.228 e. The zero-order valence-corrected chi connectivity index (χ0v) is 18.8. The minimum absolute atomic E-state index is 0.219. The van der Waals surface area contributed by atoms with Gasteiger partial charge in [-0.1, -0.05) is 24.3 Å². The van der Waals surface area contributed by atoms with Gasteiger partial charge in [0.05, 0.1) is 11.6 Å². The van der Waals surface area contributed by atoms with Crippen molar-refractivity contribution in [3.05, 3.63) is 83.9 Å². The van der Waals surface area contributed by atoms with Crippen LogP contribution >= 0.6 is 0 Å². The van der Waals surface area contributed by atoms with Crippen molar-refractivity contribution < 1.29 is 4.79 Å². The first-order valence-corrected chi connectivity index (χ1v) is 11.5. The standard InChI is InChI=1S/C27H21N7O/c28-14-18-6-5-17(13-21(18)22-16-30-15-19-3-1-2-4-20(19)22)25(35)27-31-23-7-8-24(32-26(23)33-27)34-11-9-29-10-12-34/h1-8,13,15-16,29H,9-12H2,(H,31,32,33). The molecule has 1 aliphatic heterocycles. The predicted octanol–water partition coefficient (Wildman–Crippen LogP) is 3.69. The molecule has 0 amide bonds. The highest BCUT2D eigenvalue weighted by Crippen LogP contribution is 2.31. The van der Waals surface area contributed by atoms with Gasteiger partial charge in [0.1, 0.15) is 11.3 Å². The number of nitrogens with zero attached hydrogens (tertiary/aromatic N) is 5. The summed E-state index contributed by atoms with van der Waals surface area (Å²) in [7, 11) is 0. The second kappa shape index (κ2) is 8.63. The van der Waals surface area contributed by atoms with E-state index in [-0.39, 0.29) is 11.6 Å². The third kappa shape index (κ3) is 3.78. The van der Waals surface area contributed by atoms with Crippen molar-refractivity contribution in [2.75, 3.05) is 31.1 Å². The number of piperazine rings is 1. The van der Waals surface area contributed by atoms with Crippen molar-refractivity contribution in [3.8, 4) is 17.2 Å². The highest BCUT2D eigenvalue weighted by molar-refractivity contribution is 6.09. The first-order valence-electron chi connectivity index (χ1n) is 11.5. The molecule has 0 atom stereocenters. The summed E-state index contributed by atoms with van der Waals surface area (Å²) in [6, 6.07) is 19.0. The largest absolute Gasteiger partial charge is 0.354 e. The Morgan fingerprint density at radius 1 is 0.971 bits per heavy atom. The van der Waals surface area contributed by atoms with Crippen molar-refractivity contribution in [3.63, 3.8) is 0 Å². The van der Waals surface area contributed by atoms with Crippen LogP contribution in [-0.4, -0.2) is 51.9 Å². The van der Waals surface area contributed by atoms with Crippen molar-refractivity contribution in [2.24, 2.45) is 0 Å². The first kappa shape index (κ1) is 21.0. The second-order valence-electron chi connectivity index (χ2n) is 8.47. The number of carbonyl (C=O) groups excluding carboxylic acids is 1. The van der Waals surface area contributed by atoms with Gasteiger partial charge in [-0.05, 0) is 35.7 Å². The van der Waals surface area contributed by atoms with Gasteiger partial charge in [0.25, 0.3) is 0 Å². The maximum absolute atomic E-state index is 13.4. The Bertz CT molecular complexity index is 1620. The number of fused-ring (bicyclic) bond motifs is 2. The molecule has 8 nitrogen and oxygen atoms in total. The number of ketones is 1. The van der Waals surface area contributed by atoms with Gasteiger partial charge in [-0.3, -0.25) is 9.78 Å². The minimum Gasteiger partial charge on any atom is -0.354 e. The average molecular weight is 460 g/mol.